The number of nitrogens with zero attached hydrogens (tertiary/aromatic N) is 3. The minimum absolute atomic E-state index is 0.202. The first-order chi connectivity index (χ1) is 6.31. The van der Waals surface area contributed by atoms with Gasteiger partial charge >= 0.3 is 0 Å². The molecule has 0 atom stereocenters. The number of fused-ring (bicyclic) bond motifs is 1. The van der Waals surface area contributed by atoms with Crippen molar-refractivity contribution in [2.75, 3.05) is 0 Å². The van der Waals surface area contributed by atoms with Crippen LogP contribution in [0.3, 0.4) is 0 Å². The molecule has 68 valence electrons. The summed E-state index contributed by atoms with van der Waals surface area (Å²) in [4.78, 5) is 5.03. The zero-order valence-corrected chi connectivity index (χ0v) is 7.53. The number of imidazole rings is 1. The Morgan fingerprint density at radius 2 is 2.62 bits per heavy atom. The highest BCUT2D eigenvalue weighted by atomic mass is 32.1. The van der Waals surface area contributed by atoms with E-state index in [1.54, 1.807) is 6.20 Å². The Bertz CT molecular complexity index is 444. The summed E-state index contributed by atoms with van der Waals surface area (Å²) < 4.78 is 1.92. The van der Waals surface area contributed by atoms with Gasteiger partial charge in [0.1, 0.15) is 5.84 Å². The van der Waals surface area contributed by atoms with E-state index >= 15 is 0 Å². The van der Waals surface area contributed by atoms with E-state index in [0.29, 0.717) is 6.42 Å². The lowest BCUT2D eigenvalue weighted by atomic mass is 10.3. The minimum Gasteiger partial charge on any atom is -0.409 e. The topological polar surface area (TPSA) is 75.9 Å². The zero-order valence-electron chi connectivity index (χ0n) is 6.71. The van der Waals surface area contributed by atoms with E-state index in [9.17, 15) is 0 Å². The summed E-state index contributed by atoms with van der Waals surface area (Å²) >= 11 is 1.53. The summed E-state index contributed by atoms with van der Waals surface area (Å²) in [6.45, 7) is 0. The molecule has 0 aliphatic heterocycles. The van der Waals surface area contributed by atoms with Gasteiger partial charge in [0.25, 0.3) is 0 Å². The van der Waals surface area contributed by atoms with Crippen LogP contribution in [-0.2, 0) is 6.42 Å². The molecule has 2 rings (SSSR count). The standard InChI is InChI=1S/C7H8N4OS/c8-6(10-12)3-5-4-13-7-9-1-2-11(5)7/h1-2,4,12H,3H2,(H2,8,10). The van der Waals surface area contributed by atoms with Crippen LogP contribution < -0.4 is 5.73 Å². The molecular weight excluding hydrogens is 188 g/mol. The lowest BCUT2D eigenvalue weighted by Gasteiger charge is -1.95. The average Bonchev–Trinajstić information content (AvgIpc) is 2.69. The average molecular weight is 196 g/mol. The van der Waals surface area contributed by atoms with Crippen LogP contribution in [0.2, 0.25) is 0 Å². The van der Waals surface area contributed by atoms with Crippen molar-refractivity contribution in [3.8, 4) is 0 Å². The van der Waals surface area contributed by atoms with E-state index in [1.807, 2.05) is 16.0 Å². The maximum Gasteiger partial charge on any atom is 0.193 e. The second-order valence-electron chi connectivity index (χ2n) is 2.57. The molecule has 0 fully saturated rings. The molecule has 0 unspecified atom stereocenters. The van der Waals surface area contributed by atoms with Crippen molar-refractivity contribution in [2.45, 2.75) is 6.42 Å². The zero-order chi connectivity index (χ0) is 9.26. The van der Waals surface area contributed by atoms with Gasteiger partial charge < -0.3 is 10.9 Å². The summed E-state index contributed by atoms with van der Waals surface area (Å²) in [6, 6.07) is 0. The number of aromatic nitrogens is 2. The van der Waals surface area contributed by atoms with Gasteiger partial charge in [-0.3, -0.25) is 4.40 Å². The van der Waals surface area contributed by atoms with E-state index in [1.165, 1.54) is 11.3 Å². The molecule has 0 spiro atoms. The second-order valence-corrected chi connectivity index (χ2v) is 3.41. The van der Waals surface area contributed by atoms with Crippen LogP contribution in [0.4, 0.5) is 0 Å². The lowest BCUT2D eigenvalue weighted by Crippen LogP contribution is -2.15. The largest absolute Gasteiger partial charge is 0.409 e. The summed E-state index contributed by atoms with van der Waals surface area (Å²) in [5.41, 5.74) is 6.37. The first kappa shape index (κ1) is 8.06. The van der Waals surface area contributed by atoms with Gasteiger partial charge in [0.05, 0.1) is 6.42 Å². The van der Waals surface area contributed by atoms with Crippen LogP contribution in [0, 0.1) is 0 Å². The first-order valence-corrected chi connectivity index (χ1v) is 4.55. The van der Waals surface area contributed by atoms with Gasteiger partial charge in [-0.25, -0.2) is 4.98 Å². The number of oxime groups is 1. The second kappa shape index (κ2) is 3.06. The van der Waals surface area contributed by atoms with Crippen LogP contribution in [0.1, 0.15) is 5.69 Å². The van der Waals surface area contributed by atoms with Crippen LogP contribution >= 0.6 is 11.3 Å². The molecule has 0 amide bonds. The van der Waals surface area contributed by atoms with Gasteiger partial charge in [0, 0.05) is 23.5 Å². The molecule has 0 radical (unpaired) electrons. The number of amidine groups is 1. The fourth-order valence-electron chi connectivity index (χ4n) is 1.12. The fourth-order valence-corrected chi connectivity index (χ4v) is 1.97. The molecule has 0 aromatic carbocycles. The Hall–Kier alpha value is -1.56. The summed E-state index contributed by atoms with van der Waals surface area (Å²) in [5.74, 6) is 0.202. The van der Waals surface area contributed by atoms with Crippen molar-refractivity contribution < 1.29 is 5.21 Å². The maximum atomic E-state index is 8.40. The smallest absolute Gasteiger partial charge is 0.193 e. The Labute approximate surface area is 78.1 Å². The summed E-state index contributed by atoms with van der Waals surface area (Å²) in [5, 5.41) is 13.3. The van der Waals surface area contributed by atoms with E-state index in [4.69, 9.17) is 10.9 Å². The Morgan fingerprint density at radius 1 is 1.77 bits per heavy atom. The third-order valence-electron chi connectivity index (χ3n) is 1.71. The number of hydrogen-bond donors (Lipinski definition) is 2. The molecular formula is C7H8N4OS. The highest BCUT2D eigenvalue weighted by Crippen LogP contribution is 2.14. The number of rotatable bonds is 2. The predicted molar refractivity (Wildman–Crippen MR) is 50.2 cm³/mol. The Morgan fingerprint density at radius 3 is 3.38 bits per heavy atom. The van der Waals surface area contributed by atoms with Gasteiger partial charge in [-0.05, 0) is 0 Å². The van der Waals surface area contributed by atoms with Crippen molar-refractivity contribution in [1.29, 1.82) is 0 Å². The molecule has 0 saturated heterocycles. The molecule has 0 aliphatic rings. The van der Waals surface area contributed by atoms with E-state index in [2.05, 4.69) is 10.1 Å². The van der Waals surface area contributed by atoms with Crippen LogP contribution in [0.5, 0.6) is 0 Å². The summed E-state index contributed by atoms with van der Waals surface area (Å²) in [7, 11) is 0. The van der Waals surface area contributed by atoms with Crippen molar-refractivity contribution in [2.24, 2.45) is 10.9 Å². The van der Waals surface area contributed by atoms with Crippen molar-refractivity contribution >= 4 is 22.1 Å². The summed E-state index contributed by atoms with van der Waals surface area (Å²) in [6.07, 6.45) is 4.01. The molecule has 13 heavy (non-hydrogen) atoms. The minimum atomic E-state index is 0.202. The molecule has 2 aromatic rings. The van der Waals surface area contributed by atoms with Gasteiger partial charge in [0.2, 0.25) is 0 Å². The maximum absolute atomic E-state index is 8.40. The van der Waals surface area contributed by atoms with E-state index in [-0.39, 0.29) is 5.84 Å². The molecule has 0 aliphatic carbocycles. The number of hydrogen-bond acceptors (Lipinski definition) is 4. The Balaban J connectivity index is 2.38. The number of nitrogens with two attached hydrogens (primary N) is 1. The van der Waals surface area contributed by atoms with Crippen molar-refractivity contribution in [3.63, 3.8) is 0 Å². The van der Waals surface area contributed by atoms with Gasteiger partial charge in [-0.15, -0.1) is 11.3 Å². The van der Waals surface area contributed by atoms with Crippen LogP contribution in [0.15, 0.2) is 22.9 Å². The third kappa shape index (κ3) is 1.35. The van der Waals surface area contributed by atoms with Crippen molar-refractivity contribution in [1.82, 2.24) is 9.38 Å². The highest BCUT2D eigenvalue weighted by molar-refractivity contribution is 7.15. The molecule has 0 bridgehead atoms. The monoisotopic (exact) mass is 196 g/mol. The predicted octanol–water partition coefficient (Wildman–Crippen LogP) is 0.685. The third-order valence-corrected chi connectivity index (χ3v) is 2.61. The van der Waals surface area contributed by atoms with Gasteiger partial charge in [-0.1, -0.05) is 5.16 Å². The molecule has 2 aromatic heterocycles. The van der Waals surface area contributed by atoms with E-state index in [0.717, 1.165) is 10.7 Å². The SMILES string of the molecule is N/C(Cc1csc2nccn12)=N\O. The molecule has 3 N–H and O–H groups in total. The molecule has 6 heteroatoms. The van der Waals surface area contributed by atoms with Crippen molar-refractivity contribution in [3.05, 3.63) is 23.5 Å². The highest BCUT2D eigenvalue weighted by Gasteiger charge is 2.05. The fraction of sp³-hybridized carbons (Fsp3) is 0.143. The normalized spacial score (nSPS) is 12.5. The lowest BCUT2D eigenvalue weighted by molar-refractivity contribution is 0.317. The van der Waals surface area contributed by atoms with Gasteiger partial charge in [-0.2, -0.15) is 0 Å². The molecule has 0 saturated carbocycles. The Kier molecular flexibility index (Phi) is 1.90. The van der Waals surface area contributed by atoms with E-state index < -0.39 is 0 Å². The molecule has 2 heterocycles. The molecule has 5 nitrogen and oxygen atoms in total. The number of thiazole rings is 1. The van der Waals surface area contributed by atoms with Gasteiger partial charge in [0.15, 0.2) is 4.96 Å². The quantitative estimate of drug-likeness (QED) is 0.321. The first-order valence-electron chi connectivity index (χ1n) is 3.67. The van der Waals surface area contributed by atoms with Crippen LogP contribution in [-0.4, -0.2) is 20.4 Å². The van der Waals surface area contributed by atoms with Crippen LogP contribution in [0.25, 0.3) is 4.96 Å².